The molecule has 0 bridgehead atoms. The fraction of sp³-hybridized carbons (Fsp3) is 0.700. The lowest BCUT2D eigenvalue weighted by Gasteiger charge is -2.28. The third kappa shape index (κ3) is 2.33. The van der Waals surface area contributed by atoms with Crippen molar-refractivity contribution >= 4 is 28.5 Å². The van der Waals surface area contributed by atoms with Gasteiger partial charge in [-0.25, -0.2) is 4.52 Å². The van der Waals surface area contributed by atoms with Crippen molar-refractivity contribution in [3.8, 4) is 0 Å². The first-order chi connectivity index (χ1) is 8.74. The topological polar surface area (TPSA) is 58.5 Å². The molecule has 0 amide bonds. The van der Waals surface area contributed by atoms with Crippen LogP contribution in [-0.2, 0) is 4.74 Å². The van der Waals surface area contributed by atoms with Crippen LogP contribution in [0.1, 0.15) is 18.7 Å². The molecule has 1 unspecified atom stereocenters. The summed E-state index contributed by atoms with van der Waals surface area (Å²) in [5.41, 5.74) is 0. The van der Waals surface area contributed by atoms with Crippen LogP contribution in [0.2, 0.25) is 0 Å². The molecule has 2 aromatic rings. The van der Waals surface area contributed by atoms with Gasteiger partial charge in [0.15, 0.2) is 9.78 Å². The number of morpholine rings is 1. The van der Waals surface area contributed by atoms with Crippen molar-refractivity contribution < 1.29 is 4.74 Å². The monoisotopic (exact) mass is 285 g/mol. The van der Waals surface area contributed by atoms with Crippen LogP contribution in [0.4, 0.5) is 0 Å². The van der Waals surface area contributed by atoms with Gasteiger partial charge >= 0.3 is 0 Å². The zero-order valence-electron chi connectivity index (χ0n) is 10.1. The van der Waals surface area contributed by atoms with E-state index in [1.54, 1.807) is 0 Å². The van der Waals surface area contributed by atoms with Crippen molar-refractivity contribution in [1.29, 1.82) is 0 Å². The molecule has 1 atom stereocenters. The van der Waals surface area contributed by atoms with Crippen molar-refractivity contribution in [3.63, 3.8) is 0 Å². The van der Waals surface area contributed by atoms with Crippen molar-refractivity contribution in [3.05, 3.63) is 9.78 Å². The first kappa shape index (κ1) is 12.2. The van der Waals surface area contributed by atoms with Crippen molar-refractivity contribution in [1.82, 2.24) is 24.7 Å². The number of rotatable bonds is 3. The maximum atomic E-state index is 5.35. The number of ether oxygens (including phenoxy) is 1. The normalized spacial score (nSPS) is 19.4. The molecule has 3 rings (SSSR count). The standard InChI is InChI=1S/C10H15N5OS2/c1-7(6-14-2-4-16-5-3-14)8-11-12-9-15(8)13-10(17)18-9/h7H,2-6H2,1H3,(H,13,17). The minimum Gasteiger partial charge on any atom is -0.379 e. The number of fused-ring (bicyclic) bond motifs is 1. The van der Waals surface area contributed by atoms with Gasteiger partial charge in [0.05, 0.1) is 13.2 Å². The molecule has 6 nitrogen and oxygen atoms in total. The van der Waals surface area contributed by atoms with Gasteiger partial charge in [-0.1, -0.05) is 18.3 Å². The molecule has 1 aliphatic rings. The van der Waals surface area contributed by atoms with Crippen LogP contribution >= 0.6 is 23.6 Å². The minimum atomic E-state index is 0.318. The Balaban J connectivity index is 1.78. The van der Waals surface area contributed by atoms with E-state index in [9.17, 15) is 0 Å². The van der Waals surface area contributed by atoms with Crippen LogP contribution in [0.25, 0.3) is 4.96 Å². The van der Waals surface area contributed by atoms with E-state index >= 15 is 0 Å². The summed E-state index contributed by atoms with van der Waals surface area (Å²) in [6, 6.07) is 0. The zero-order valence-corrected chi connectivity index (χ0v) is 11.8. The quantitative estimate of drug-likeness (QED) is 0.861. The molecule has 1 saturated heterocycles. The smallest absolute Gasteiger partial charge is 0.233 e. The van der Waals surface area contributed by atoms with Crippen LogP contribution in [-0.4, -0.2) is 57.6 Å². The molecule has 1 aliphatic heterocycles. The van der Waals surface area contributed by atoms with Crippen LogP contribution in [0, 0.1) is 3.95 Å². The third-order valence-corrected chi connectivity index (χ3v) is 4.19. The Morgan fingerprint density at radius 1 is 1.44 bits per heavy atom. The van der Waals surface area contributed by atoms with Gasteiger partial charge in [-0.05, 0) is 12.2 Å². The summed E-state index contributed by atoms with van der Waals surface area (Å²) >= 11 is 6.57. The average Bonchev–Trinajstić information content (AvgIpc) is 2.88. The van der Waals surface area contributed by atoms with E-state index in [1.165, 1.54) is 11.3 Å². The highest BCUT2D eigenvalue weighted by molar-refractivity contribution is 7.73. The largest absolute Gasteiger partial charge is 0.379 e. The minimum absolute atomic E-state index is 0.318. The summed E-state index contributed by atoms with van der Waals surface area (Å²) in [7, 11) is 0. The predicted molar refractivity (Wildman–Crippen MR) is 71.7 cm³/mol. The Bertz CT molecular complexity index is 582. The highest BCUT2D eigenvalue weighted by atomic mass is 32.1. The van der Waals surface area contributed by atoms with E-state index in [0.29, 0.717) is 5.92 Å². The molecule has 1 N–H and O–H groups in total. The first-order valence-corrected chi connectivity index (χ1v) is 7.21. The predicted octanol–water partition coefficient (Wildman–Crippen LogP) is 1.28. The van der Waals surface area contributed by atoms with E-state index in [2.05, 4.69) is 27.1 Å². The van der Waals surface area contributed by atoms with Crippen molar-refractivity contribution in [2.45, 2.75) is 12.8 Å². The number of aromatic nitrogens is 4. The van der Waals surface area contributed by atoms with Gasteiger partial charge in [-0.15, -0.1) is 10.2 Å². The van der Waals surface area contributed by atoms with Gasteiger partial charge in [-0.3, -0.25) is 10.00 Å². The van der Waals surface area contributed by atoms with Crippen molar-refractivity contribution in [2.24, 2.45) is 0 Å². The fourth-order valence-corrected chi connectivity index (χ4v) is 3.15. The highest BCUT2D eigenvalue weighted by Crippen LogP contribution is 2.18. The lowest BCUT2D eigenvalue weighted by Crippen LogP contribution is -2.38. The van der Waals surface area contributed by atoms with Crippen LogP contribution in [0.3, 0.4) is 0 Å². The lowest BCUT2D eigenvalue weighted by atomic mass is 10.1. The van der Waals surface area contributed by atoms with Gasteiger partial charge in [-0.2, -0.15) is 0 Å². The van der Waals surface area contributed by atoms with Crippen LogP contribution < -0.4 is 0 Å². The number of hydrogen-bond acceptors (Lipinski definition) is 6. The molecule has 8 heteroatoms. The third-order valence-electron chi connectivity index (χ3n) is 3.12. The van der Waals surface area contributed by atoms with Crippen LogP contribution in [0.5, 0.6) is 0 Å². The molecule has 3 heterocycles. The van der Waals surface area contributed by atoms with E-state index in [4.69, 9.17) is 17.0 Å². The summed E-state index contributed by atoms with van der Waals surface area (Å²) in [5.74, 6) is 1.27. The maximum Gasteiger partial charge on any atom is 0.233 e. The fourth-order valence-electron chi connectivity index (χ4n) is 2.22. The molecule has 0 spiro atoms. The van der Waals surface area contributed by atoms with E-state index in [1.807, 2.05) is 4.52 Å². The molecular weight excluding hydrogens is 270 g/mol. The molecule has 0 aliphatic carbocycles. The second-order valence-electron chi connectivity index (χ2n) is 4.49. The second-order valence-corrected chi connectivity index (χ2v) is 6.14. The summed E-state index contributed by atoms with van der Waals surface area (Å²) in [6.07, 6.45) is 0. The Morgan fingerprint density at radius 2 is 2.22 bits per heavy atom. The van der Waals surface area contributed by atoms with E-state index in [-0.39, 0.29) is 0 Å². The number of aromatic amines is 1. The number of hydrogen-bond donors (Lipinski definition) is 1. The van der Waals surface area contributed by atoms with Gasteiger partial charge in [0.25, 0.3) is 0 Å². The number of H-pyrrole nitrogens is 1. The van der Waals surface area contributed by atoms with Gasteiger partial charge in [0, 0.05) is 25.6 Å². The molecule has 1 fully saturated rings. The number of nitrogens with zero attached hydrogens (tertiary/aromatic N) is 4. The molecule has 98 valence electrons. The second kappa shape index (κ2) is 5.04. The summed E-state index contributed by atoms with van der Waals surface area (Å²) in [4.78, 5) is 3.24. The summed E-state index contributed by atoms with van der Waals surface area (Å²) in [6.45, 7) is 6.77. The van der Waals surface area contributed by atoms with Gasteiger partial charge in [0.1, 0.15) is 0 Å². The molecule has 0 saturated carbocycles. The molecule has 0 aromatic carbocycles. The Hall–Kier alpha value is -0.830. The van der Waals surface area contributed by atoms with Crippen molar-refractivity contribution in [2.75, 3.05) is 32.8 Å². The van der Waals surface area contributed by atoms with Crippen LogP contribution in [0.15, 0.2) is 0 Å². The molecule has 2 aromatic heterocycles. The van der Waals surface area contributed by atoms with E-state index in [0.717, 1.165) is 47.6 Å². The Kier molecular flexibility index (Phi) is 3.42. The van der Waals surface area contributed by atoms with Gasteiger partial charge < -0.3 is 4.74 Å². The molecular formula is C10H15N5OS2. The highest BCUT2D eigenvalue weighted by Gasteiger charge is 2.19. The Morgan fingerprint density at radius 3 is 3.00 bits per heavy atom. The average molecular weight is 285 g/mol. The van der Waals surface area contributed by atoms with Gasteiger partial charge in [0.2, 0.25) is 4.96 Å². The van der Waals surface area contributed by atoms with E-state index < -0.39 is 0 Å². The summed E-state index contributed by atoms with van der Waals surface area (Å²) in [5, 5.41) is 11.5. The number of nitrogens with one attached hydrogen (secondary N) is 1. The zero-order chi connectivity index (χ0) is 12.5. The lowest BCUT2D eigenvalue weighted by molar-refractivity contribution is 0.0353. The SMILES string of the molecule is CC(CN1CCOCC1)c1nnc2sc(=S)[nH]n12. The first-order valence-electron chi connectivity index (χ1n) is 5.98. The summed E-state index contributed by atoms with van der Waals surface area (Å²) < 4.78 is 7.99. The molecule has 0 radical (unpaired) electrons. The maximum absolute atomic E-state index is 5.35. The molecule has 18 heavy (non-hydrogen) atoms. The Labute approximate surface area is 114 Å².